The number of carbonyl (C=O) groups excluding carboxylic acids is 2. The number of fused-ring (bicyclic) bond motifs is 1. The van der Waals surface area contributed by atoms with Crippen LogP contribution in [0.1, 0.15) is 71.6 Å². The van der Waals surface area contributed by atoms with E-state index in [1.165, 1.54) is 11.3 Å². The van der Waals surface area contributed by atoms with Gasteiger partial charge in [-0.3, -0.25) is 9.59 Å². The lowest BCUT2D eigenvalue weighted by molar-refractivity contribution is -0.122. The number of H-pyrrole nitrogens is 1. The maximum absolute atomic E-state index is 13.0. The third-order valence-corrected chi connectivity index (χ3v) is 6.61. The zero-order valence-electron chi connectivity index (χ0n) is 17.6. The number of hydrogen-bond donors (Lipinski definition) is 4. The number of aromatic nitrogens is 3. The van der Waals surface area contributed by atoms with E-state index in [9.17, 15) is 9.59 Å². The van der Waals surface area contributed by atoms with Gasteiger partial charge in [-0.05, 0) is 44.5 Å². The first-order valence-corrected chi connectivity index (χ1v) is 11.7. The minimum atomic E-state index is -0.742. The van der Waals surface area contributed by atoms with Crippen LogP contribution in [-0.2, 0) is 4.79 Å². The summed E-state index contributed by atoms with van der Waals surface area (Å²) in [5, 5.41) is 10.2. The summed E-state index contributed by atoms with van der Waals surface area (Å²) in [5.74, 6) is 0.515. The molecule has 4 N–H and O–H groups in total. The number of piperidine rings is 1. The smallest absolute Gasteiger partial charge is 0.264 e. The van der Waals surface area contributed by atoms with Crippen LogP contribution in [0.15, 0.2) is 30.5 Å². The van der Waals surface area contributed by atoms with Crippen LogP contribution in [-0.4, -0.2) is 39.9 Å². The molecule has 3 heterocycles. The van der Waals surface area contributed by atoms with Gasteiger partial charge in [0, 0.05) is 12.3 Å². The fraction of sp³-hybridized carbons (Fsp3) is 0.455. The first-order chi connectivity index (χ1) is 15.1. The van der Waals surface area contributed by atoms with E-state index in [0.29, 0.717) is 23.0 Å². The summed E-state index contributed by atoms with van der Waals surface area (Å²) in [4.78, 5) is 38.2. The highest BCUT2D eigenvalue weighted by molar-refractivity contribution is 7.13. The van der Waals surface area contributed by atoms with E-state index in [-0.39, 0.29) is 11.8 Å². The number of rotatable bonds is 8. The number of benzene rings is 1. The van der Waals surface area contributed by atoms with Crippen molar-refractivity contribution >= 4 is 34.2 Å². The van der Waals surface area contributed by atoms with Crippen molar-refractivity contribution in [3.63, 3.8) is 0 Å². The van der Waals surface area contributed by atoms with E-state index in [1.54, 1.807) is 6.20 Å². The number of aromatic amines is 1. The van der Waals surface area contributed by atoms with E-state index in [2.05, 4.69) is 30.9 Å². The van der Waals surface area contributed by atoms with E-state index >= 15 is 0 Å². The van der Waals surface area contributed by atoms with Gasteiger partial charge in [0.05, 0.1) is 22.2 Å². The summed E-state index contributed by atoms with van der Waals surface area (Å²) in [6, 6.07) is 7.62. The zero-order chi connectivity index (χ0) is 21.6. The van der Waals surface area contributed by atoms with Crippen molar-refractivity contribution in [1.29, 1.82) is 0 Å². The highest BCUT2D eigenvalue weighted by Crippen LogP contribution is 2.29. The molecular weight excluding hydrogens is 412 g/mol. The minimum absolute atomic E-state index is 0.118. The second-order valence-electron chi connectivity index (χ2n) is 7.80. The van der Waals surface area contributed by atoms with Crippen LogP contribution in [0, 0.1) is 0 Å². The molecule has 3 aromatic rings. The van der Waals surface area contributed by atoms with Crippen LogP contribution >= 0.6 is 11.3 Å². The molecule has 2 amide bonds. The van der Waals surface area contributed by atoms with Gasteiger partial charge < -0.3 is 20.9 Å². The Morgan fingerprint density at radius 3 is 2.81 bits per heavy atom. The molecule has 9 heteroatoms. The molecular formula is C22H28N6O2S. The summed E-state index contributed by atoms with van der Waals surface area (Å²) in [6.45, 7) is 3.99. The van der Waals surface area contributed by atoms with Gasteiger partial charge in [-0.2, -0.15) is 0 Å². The highest BCUT2D eigenvalue weighted by atomic mass is 32.1. The number of carbonyl (C=O) groups is 2. The summed E-state index contributed by atoms with van der Waals surface area (Å²) in [7, 11) is 0. The van der Waals surface area contributed by atoms with Gasteiger partial charge in [0.25, 0.3) is 5.91 Å². The van der Waals surface area contributed by atoms with Crippen LogP contribution in [0.4, 0.5) is 0 Å². The van der Waals surface area contributed by atoms with E-state index < -0.39 is 6.17 Å². The molecule has 1 aromatic carbocycles. The minimum Gasteiger partial charge on any atom is -0.339 e. The van der Waals surface area contributed by atoms with Crippen molar-refractivity contribution in [1.82, 2.24) is 30.9 Å². The second-order valence-corrected chi connectivity index (χ2v) is 8.87. The van der Waals surface area contributed by atoms with Gasteiger partial charge in [-0.1, -0.05) is 25.5 Å². The fourth-order valence-electron chi connectivity index (χ4n) is 3.70. The van der Waals surface area contributed by atoms with E-state index in [1.807, 2.05) is 31.2 Å². The molecule has 0 spiro atoms. The fourth-order valence-corrected chi connectivity index (χ4v) is 4.70. The number of nitrogens with one attached hydrogen (secondary N) is 4. The van der Waals surface area contributed by atoms with Crippen LogP contribution in [0.25, 0.3) is 11.0 Å². The van der Waals surface area contributed by atoms with Gasteiger partial charge in [-0.25, -0.2) is 9.97 Å². The van der Waals surface area contributed by atoms with Crippen molar-refractivity contribution in [3.05, 3.63) is 46.2 Å². The molecule has 0 aliphatic carbocycles. The number of hydrogen-bond acceptors (Lipinski definition) is 6. The predicted molar refractivity (Wildman–Crippen MR) is 121 cm³/mol. The molecule has 164 valence electrons. The molecule has 4 rings (SSSR count). The summed E-state index contributed by atoms with van der Waals surface area (Å²) in [5.41, 5.74) is 1.64. The van der Waals surface area contributed by atoms with E-state index in [4.69, 9.17) is 0 Å². The maximum Gasteiger partial charge on any atom is 0.264 e. The number of amides is 2. The Morgan fingerprint density at radius 1 is 1.23 bits per heavy atom. The van der Waals surface area contributed by atoms with Crippen LogP contribution < -0.4 is 16.0 Å². The van der Waals surface area contributed by atoms with Gasteiger partial charge >= 0.3 is 0 Å². The molecule has 1 aliphatic rings. The average Bonchev–Trinajstić information content (AvgIpc) is 3.45. The van der Waals surface area contributed by atoms with Crippen molar-refractivity contribution in [2.24, 2.45) is 0 Å². The summed E-state index contributed by atoms with van der Waals surface area (Å²) in [6.07, 6.45) is 5.08. The largest absolute Gasteiger partial charge is 0.339 e. The first-order valence-electron chi connectivity index (χ1n) is 10.9. The standard InChI is InChI=1S/C22H28N6O2S/c1-2-3-8-18(29)27-20(19-25-15-6-4-5-7-16(15)26-19)28-21(30)17-13-24-22(31-17)14-9-11-23-12-10-14/h4-7,13-14,20,23H,2-3,8-12H2,1H3,(H,25,26)(H,27,29)(H,28,30). The van der Waals surface area contributed by atoms with Crippen LogP contribution in [0.5, 0.6) is 0 Å². The molecule has 1 saturated heterocycles. The topological polar surface area (TPSA) is 112 Å². The van der Waals surface area contributed by atoms with Gasteiger partial charge in [0.2, 0.25) is 5.91 Å². The monoisotopic (exact) mass is 440 g/mol. The zero-order valence-corrected chi connectivity index (χ0v) is 18.4. The first kappa shape index (κ1) is 21.5. The number of para-hydroxylation sites is 2. The molecule has 1 fully saturated rings. The van der Waals surface area contributed by atoms with Crippen LogP contribution in [0.3, 0.4) is 0 Å². The van der Waals surface area contributed by atoms with Crippen molar-refractivity contribution in [2.45, 2.75) is 51.1 Å². The summed E-state index contributed by atoms with van der Waals surface area (Å²) < 4.78 is 0. The lowest BCUT2D eigenvalue weighted by Crippen LogP contribution is -2.41. The Kier molecular flexibility index (Phi) is 6.93. The number of unbranched alkanes of at least 4 members (excludes halogenated alkanes) is 1. The Morgan fingerprint density at radius 2 is 2.03 bits per heavy atom. The molecule has 1 aliphatic heterocycles. The van der Waals surface area contributed by atoms with Crippen LogP contribution in [0.2, 0.25) is 0 Å². The van der Waals surface area contributed by atoms with Crippen molar-refractivity contribution in [3.8, 4) is 0 Å². The molecule has 0 bridgehead atoms. The summed E-state index contributed by atoms with van der Waals surface area (Å²) >= 11 is 1.43. The molecule has 1 atom stereocenters. The SMILES string of the molecule is CCCCC(=O)NC(NC(=O)c1cnc(C2CCNCC2)s1)c1nc2ccccc2[nH]1. The lowest BCUT2D eigenvalue weighted by Gasteiger charge is -2.20. The second kappa shape index (κ2) is 10.0. The Balaban J connectivity index is 1.51. The number of thiazole rings is 1. The van der Waals surface area contributed by atoms with Gasteiger partial charge in [0.15, 0.2) is 12.0 Å². The number of nitrogens with zero attached hydrogens (tertiary/aromatic N) is 2. The Labute approximate surface area is 185 Å². The van der Waals surface area contributed by atoms with E-state index in [0.717, 1.165) is 54.8 Å². The highest BCUT2D eigenvalue weighted by Gasteiger charge is 2.24. The van der Waals surface area contributed by atoms with Crippen molar-refractivity contribution in [2.75, 3.05) is 13.1 Å². The van der Waals surface area contributed by atoms with Crippen molar-refractivity contribution < 1.29 is 9.59 Å². The average molecular weight is 441 g/mol. The molecule has 1 unspecified atom stereocenters. The predicted octanol–water partition coefficient (Wildman–Crippen LogP) is 3.22. The van der Waals surface area contributed by atoms with Gasteiger partial charge in [0.1, 0.15) is 4.88 Å². The third-order valence-electron chi connectivity index (χ3n) is 5.46. The molecule has 0 saturated carbocycles. The normalized spacial score (nSPS) is 15.6. The Hall–Kier alpha value is -2.78. The molecule has 31 heavy (non-hydrogen) atoms. The Bertz CT molecular complexity index is 1010. The lowest BCUT2D eigenvalue weighted by atomic mass is 9.99. The molecule has 8 nitrogen and oxygen atoms in total. The quantitative estimate of drug-likeness (QED) is 0.402. The number of imidazole rings is 1. The maximum atomic E-state index is 13.0. The van der Waals surface area contributed by atoms with Gasteiger partial charge in [-0.15, -0.1) is 11.3 Å². The molecule has 2 aromatic heterocycles. The third kappa shape index (κ3) is 5.29. The molecule has 0 radical (unpaired) electrons.